The van der Waals surface area contributed by atoms with Gasteiger partial charge < -0.3 is 10.4 Å². The molecule has 0 fully saturated rings. The average molecular weight is 266 g/mol. The van der Waals surface area contributed by atoms with Gasteiger partial charge >= 0.3 is 0 Å². The molecule has 0 heterocycles. The van der Waals surface area contributed by atoms with E-state index < -0.39 is 0 Å². The van der Waals surface area contributed by atoms with Crippen molar-refractivity contribution in [3.63, 3.8) is 0 Å². The molecule has 0 saturated carbocycles. The van der Waals surface area contributed by atoms with Crippen molar-refractivity contribution in [3.05, 3.63) is 28.8 Å². The van der Waals surface area contributed by atoms with Crippen LogP contribution in [0.2, 0.25) is 5.02 Å². The van der Waals surface area contributed by atoms with Crippen LogP contribution in [0.1, 0.15) is 31.7 Å². The predicted molar refractivity (Wildman–Crippen MR) is 73.6 cm³/mol. The van der Waals surface area contributed by atoms with Gasteiger partial charge in [0.1, 0.15) is 0 Å². The highest BCUT2D eigenvalue weighted by atomic mass is 35.5. The molecule has 0 saturated heterocycles. The molecule has 1 rings (SSSR count). The zero-order valence-corrected chi connectivity index (χ0v) is 11.0. The number of benzene rings is 1. The molecule has 18 heavy (non-hydrogen) atoms. The number of aliphatic hydroxyl groups excluding tert-OH is 1. The molecule has 0 atom stereocenters. The first-order chi connectivity index (χ1) is 8.67. The summed E-state index contributed by atoms with van der Waals surface area (Å²) >= 11 is 5.90. The van der Waals surface area contributed by atoms with Crippen molar-refractivity contribution < 1.29 is 9.90 Å². The van der Waals surface area contributed by atoms with Gasteiger partial charge in [-0.25, -0.2) is 0 Å². The van der Waals surface area contributed by atoms with E-state index in [0.717, 1.165) is 6.42 Å². The Morgan fingerprint density at radius 3 is 2.94 bits per heavy atom. The molecule has 0 aliphatic heterocycles. The monoisotopic (exact) mass is 265 g/mol. The van der Waals surface area contributed by atoms with Crippen LogP contribution in [0.15, 0.2) is 18.2 Å². The third kappa shape index (κ3) is 4.79. The van der Waals surface area contributed by atoms with Gasteiger partial charge in [0.05, 0.1) is 12.3 Å². The Balaban J connectivity index is 2.90. The fourth-order valence-corrected chi connectivity index (χ4v) is 1.55. The fraction of sp³-hybridized carbons (Fsp3) is 0.357. The van der Waals surface area contributed by atoms with Gasteiger partial charge in [0.2, 0.25) is 5.91 Å². The lowest BCUT2D eigenvalue weighted by Gasteiger charge is -2.07. The van der Waals surface area contributed by atoms with Crippen LogP contribution < -0.4 is 5.32 Å². The number of rotatable bonds is 4. The molecule has 0 unspecified atom stereocenters. The van der Waals surface area contributed by atoms with Gasteiger partial charge in [-0.1, -0.05) is 30.4 Å². The zero-order valence-electron chi connectivity index (χ0n) is 10.3. The summed E-state index contributed by atoms with van der Waals surface area (Å²) < 4.78 is 0. The lowest BCUT2D eigenvalue weighted by Crippen LogP contribution is -2.11. The molecular formula is C14H16ClNO2. The number of carbonyl (C=O) groups excluding carboxylic acids is 1. The predicted octanol–water partition coefficient (Wildman–Crippen LogP) is 2.81. The van der Waals surface area contributed by atoms with E-state index in [-0.39, 0.29) is 12.5 Å². The number of aliphatic hydroxyl groups is 1. The van der Waals surface area contributed by atoms with Crippen molar-refractivity contribution in [2.45, 2.75) is 26.2 Å². The summed E-state index contributed by atoms with van der Waals surface area (Å²) in [7, 11) is 0. The second kappa shape index (κ2) is 7.75. The van der Waals surface area contributed by atoms with Gasteiger partial charge in [-0.15, -0.1) is 0 Å². The third-order valence-electron chi connectivity index (χ3n) is 2.19. The minimum atomic E-state index is -0.0509. The number of carbonyl (C=O) groups is 1. The Morgan fingerprint density at radius 2 is 2.28 bits per heavy atom. The minimum Gasteiger partial charge on any atom is -0.395 e. The van der Waals surface area contributed by atoms with E-state index in [9.17, 15) is 4.79 Å². The molecule has 0 aliphatic rings. The Morgan fingerprint density at radius 1 is 1.50 bits per heavy atom. The first-order valence-corrected chi connectivity index (χ1v) is 6.24. The van der Waals surface area contributed by atoms with Crippen LogP contribution in [0.25, 0.3) is 0 Å². The second-order valence-electron chi connectivity index (χ2n) is 3.76. The molecule has 1 aromatic carbocycles. The van der Waals surface area contributed by atoms with Gasteiger partial charge in [0, 0.05) is 23.4 Å². The minimum absolute atomic E-state index is 0.0259. The SMILES string of the molecule is CCCC(=O)Nc1cc(Cl)ccc1C#CCCO. The van der Waals surface area contributed by atoms with Crippen molar-refractivity contribution >= 4 is 23.2 Å². The Bertz CT molecular complexity index is 474. The topological polar surface area (TPSA) is 49.3 Å². The highest BCUT2D eigenvalue weighted by Gasteiger charge is 2.05. The van der Waals surface area contributed by atoms with Crippen molar-refractivity contribution in [1.82, 2.24) is 0 Å². The van der Waals surface area contributed by atoms with Gasteiger partial charge in [-0.2, -0.15) is 0 Å². The maximum absolute atomic E-state index is 11.6. The molecule has 1 aromatic rings. The maximum atomic E-state index is 11.6. The Hall–Kier alpha value is -1.50. The van der Waals surface area contributed by atoms with Crippen molar-refractivity contribution in [2.75, 3.05) is 11.9 Å². The van der Waals surface area contributed by atoms with Crippen LogP contribution >= 0.6 is 11.6 Å². The molecule has 3 nitrogen and oxygen atoms in total. The maximum Gasteiger partial charge on any atom is 0.224 e. The Kier molecular flexibility index (Phi) is 6.27. The largest absolute Gasteiger partial charge is 0.395 e. The number of hydrogen-bond acceptors (Lipinski definition) is 2. The number of hydrogen-bond donors (Lipinski definition) is 2. The Labute approximate surface area is 112 Å². The van der Waals surface area contributed by atoms with E-state index in [0.29, 0.717) is 29.1 Å². The first kappa shape index (κ1) is 14.6. The number of halogens is 1. The summed E-state index contributed by atoms with van der Waals surface area (Å²) in [5.74, 6) is 5.68. The summed E-state index contributed by atoms with van der Waals surface area (Å²) in [6.07, 6.45) is 1.67. The lowest BCUT2D eigenvalue weighted by molar-refractivity contribution is -0.116. The molecule has 0 radical (unpaired) electrons. The van der Waals surface area contributed by atoms with Crippen LogP contribution in [0.4, 0.5) is 5.69 Å². The number of nitrogens with one attached hydrogen (secondary N) is 1. The van der Waals surface area contributed by atoms with E-state index in [4.69, 9.17) is 16.7 Å². The van der Waals surface area contributed by atoms with Crippen LogP contribution in [0.5, 0.6) is 0 Å². The van der Waals surface area contributed by atoms with E-state index in [1.165, 1.54) is 0 Å². The number of amides is 1. The smallest absolute Gasteiger partial charge is 0.224 e. The molecular weight excluding hydrogens is 250 g/mol. The molecule has 0 aromatic heterocycles. The van der Waals surface area contributed by atoms with E-state index in [1.54, 1.807) is 18.2 Å². The van der Waals surface area contributed by atoms with E-state index in [1.807, 2.05) is 6.92 Å². The second-order valence-corrected chi connectivity index (χ2v) is 4.20. The van der Waals surface area contributed by atoms with Gasteiger partial charge in [0.15, 0.2) is 0 Å². The molecule has 4 heteroatoms. The molecule has 0 spiro atoms. The normalized spacial score (nSPS) is 9.50. The number of anilines is 1. The summed E-state index contributed by atoms with van der Waals surface area (Å²) in [4.78, 5) is 11.6. The first-order valence-electron chi connectivity index (χ1n) is 5.86. The van der Waals surface area contributed by atoms with Gasteiger partial charge in [-0.3, -0.25) is 4.79 Å². The third-order valence-corrected chi connectivity index (χ3v) is 2.43. The molecule has 0 aliphatic carbocycles. The van der Waals surface area contributed by atoms with E-state index in [2.05, 4.69) is 17.2 Å². The van der Waals surface area contributed by atoms with Crippen LogP contribution in [0.3, 0.4) is 0 Å². The zero-order chi connectivity index (χ0) is 13.4. The van der Waals surface area contributed by atoms with Crippen molar-refractivity contribution in [3.8, 4) is 11.8 Å². The highest BCUT2D eigenvalue weighted by molar-refractivity contribution is 6.31. The highest BCUT2D eigenvalue weighted by Crippen LogP contribution is 2.20. The standard InChI is InChI=1S/C14H16ClNO2/c1-2-5-14(18)16-13-10-12(15)8-7-11(13)6-3-4-9-17/h7-8,10,17H,2,4-5,9H2,1H3,(H,16,18). The van der Waals surface area contributed by atoms with Crippen LogP contribution in [-0.2, 0) is 4.79 Å². The quantitative estimate of drug-likeness (QED) is 0.823. The van der Waals surface area contributed by atoms with Gasteiger partial charge in [-0.05, 0) is 24.6 Å². The average Bonchev–Trinajstić information content (AvgIpc) is 2.32. The van der Waals surface area contributed by atoms with Crippen molar-refractivity contribution in [1.29, 1.82) is 0 Å². The van der Waals surface area contributed by atoms with Crippen LogP contribution in [-0.4, -0.2) is 17.6 Å². The molecule has 1 amide bonds. The van der Waals surface area contributed by atoms with Crippen LogP contribution in [0, 0.1) is 11.8 Å². The summed E-state index contributed by atoms with van der Waals surface area (Å²) in [6, 6.07) is 5.16. The fourth-order valence-electron chi connectivity index (χ4n) is 1.38. The summed E-state index contributed by atoms with van der Waals surface area (Å²) in [5, 5.41) is 12.0. The molecule has 2 N–H and O–H groups in total. The summed E-state index contributed by atoms with van der Waals surface area (Å²) in [6.45, 7) is 1.97. The summed E-state index contributed by atoms with van der Waals surface area (Å²) in [5.41, 5.74) is 1.32. The molecule has 96 valence electrons. The van der Waals surface area contributed by atoms with E-state index >= 15 is 0 Å². The molecule has 0 bridgehead atoms. The van der Waals surface area contributed by atoms with Gasteiger partial charge in [0.25, 0.3) is 0 Å². The lowest BCUT2D eigenvalue weighted by atomic mass is 10.1. The van der Waals surface area contributed by atoms with Crippen molar-refractivity contribution in [2.24, 2.45) is 0 Å².